The summed E-state index contributed by atoms with van der Waals surface area (Å²) >= 11 is 0. The van der Waals surface area contributed by atoms with E-state index in [0.29, 0.717) is 18.4 Å². The predicted octanol–water partition coefficient (Wildman–Crippen LogP) is 0.671. The van der Waals surface area contributed by atoms with E-state index >= 15 is 0 Å². The monoisotopic (exact) mass is 258 g/mol. The van der Waals surface area contributed by atoms with Crippen LogP contribution in [0.1, 0.15) is 11.8 Å². The van der Waals surface area contributed by atoms with E-state index in [0.717, 1.165) is 18.8 Å². The van der Waals surface area contributed by atoms with Gasteiger partial charge < -0.3 is 15.4 Å². The van der Waals surface area contributed by atoms with Gasteiger partial charge in [0.25, 0.3) is 0 Å². The Labute approximate surface area is 110 Å². The van der Waals surface area contributed by atoms with Gasteiger partial charge in [0, 0.05) is 25.5 Å². The highest BCUT2D eigenvalue weighted by atomic mass is 16.5. The fourth-order valence-corrected chi connectivity index (χ4v) is 1.83. The Hall–Kier alpha value is -2.12. The third-order valence-electron chi connectivity index (χ3n) is 2.72. The molecule has 0 bridgehead atoms. The third kappa shape index (κ3) is 3.01. The van der Waals surface area contributed by atoms with Crippen LogP contribution in [-0.2, 0) is 4.74 Å². The second-order valence-electron chi connectivity index (χ2n) is 4.09. The van der Waals surface area contributed by atoms with Crippen LogP contribution in [0.5, 0.6) is 0 Å². The standard InChI is InChI=1S/C12H14N6O/c1-2-15-12(16-3-1)18-11-8-14-6-9(17-11)10-7-13-4-5-19-10/h1-3,6,8,10,13H,4-5,7H2,(H,15,16,17,18). The number of anilines is 2. The van der Waals surface area contributed by atoms with E-state index in [1.807, 2.05) is 0 Å². The first-order valence-corrected chi connectivity index (χ1v) is 6.10. The molecule has 0 aliphatic carbocycles. The highest BCUT2D eigenvalue weighted by Crippen LogP contribution is 2.17. The van der Waals surface area contributed by atoms with E-state index in [1.54, 1.807) is 30.9 Å². The van der Waals surface area contributed by atoms with Gasteiger partial charge in [0.15, 0.2) is 5.82 Å². The smallest absolute Gasteiger partial charge is 0.228 e. The maximum atomic E-state index is 5.65. The lowest BCUT2D eigenvalue weighted by Crippen LogP contribution is -2.33. The zero-order chi connectivity index (χ0) is 12.9. The van der Waals surface area contributed by atoms with Crippen LogP contribution in [0, 0.1) is 0 Å². The van der Waals surface area contributed by atoms with Crippen molar-refractivity contribution in [2.24, 2.45) is 0 Å². The normalized spacial score (nSPS) is 19.1. The lowest BCUT2D eigenvalue weighted by Gasteiger charge is -2.23. The molecular weight excluding hydrogens is 244 g/mol. The lowest BCUT2D eigenvalue weighted by atomic mass is 10.2. The van der Waals surface area contributed by atoms with Crippen molar-refractivity contribution >= 4 is 11.8 Å². The summed E-state index contributed by atoms with van der Waals surface area (Å²) in [6.45, 7) is 2.31. The topological polar surface area (TPSA) is 84.9 Å². The minimum Gasteiger partial charge on any atom is -0.369 e. The van der Waals surface area contributed by atoms with Crippen LogP contribution < -0.4 is 10.6 Å². The number of rotatable bonds is 3. The lowest BCUT2D eigenvalue weighted by molar-refractivity contribution is 0.0249. The number of ether oxygens (including phenoxy) is 1. The minimum atomic E-state index is -0.0558. The number of aromatic nitrogens is 4. The molecule has 0 amide bonds. The summed E-state index contributed by atoms with van der Waals surface area (Å²) in [4.78, 5) is 16.8. The number of nitrogens with one attached hydrogen (secondary N) is 2. The second-order valence-corrected chi connectivity index (χ2v) is 4.09. The third-order valence-corrected chi connectivity index (χ3v) is 2.72. The molecule has 2 aromatic rings. The molecule has 7 heteroatoms. The summed E-state index contributed by atoms with van der Waals surface area (Å²) in [5.74, 6) is 1.11. The van der Waals surface area contributed by atoms with Gasteiger partial charge in [-0.25, -0.2) is 15.0 Å². The van der Waals surface area contributed by atoms with Gasteiger partial charge >= 0.3 is 0 Å². The highest BCUT2D eigenvalue weighted by molar-refractivity contribution is 5.45. The van der Waals surface area contributed by atoms with Gasteiger partial charge in [-0.15, -0.1) is 0 Å². The van der Waals surface area contributed by atoms with Gasteiger partial charge in [-0.05, 0) is 6.07 Å². The van der Waals surface area contributed by atoms with Crippen molar-refractivity contribution in [1.82, 2.24) is 25.3 Å². The molecule has 3 rings (SSSR count). The molecule has 98 valence electrons. The molecule has 7 nitrogen and oxygen atoms in total. The zero-order valence-corrected chi connectivity index (χ0v) is 10.3. The molecule has 3 heterocycles. The van der Waals surface area contributed by atoms with Crippen molar-refractivity contribution in [1.29, 1.82) is 0 Å². The van der Waals surface area contributed by atoms with Crippen LogP contribution in [0.4, 0.5) is 11.8 Å². The maximum absolute atomic E-state index is 5.65. The van der Waals surface area contributed by atoms with Crippen molar-refractivity contribution in [2.75, 3.05) is 25.0 Å². The molecule has 1 aliphatic heterocycles. The number of morpholine rings is 1. The van der Waals surface area contributed by atoms with E-state index < -0.39 is 0 Å². The average molecular weight is 258 g/mol. The first kappa shape index (κ1) is 11.9. The molecule has 0 aromatic carbocycles. The van der Waals surface area contributed by atoms with Crippen LogP contribution >= 0.6 is 0 Å². The van der Waals surface area contributed by atoms with Crippen molar-refractivity contribution in [2.45, 2.75) is 6.10 Å². The van der Waals surface area contributed by atoms with Gasteiger partial charge in [-0.2, -0.15) is 0 Å². The summed E-state index contributed by atoms with van der Waals surface area (Å²) in [5.41, 5.74) is 0.799. The molecule has 1 saturated heterocycles. The van der Waals surface area contributed by atoms with Crippen LogP contribution in [0.25, 0.3) is 0 Å². The van der Waals surface area contributed by atoms with Crippen molar-refractivity contribution in [3.63, 3.8) is 0 Å². The summed E-state index contributed by atoms with van der Waals surface area (Å²) in [6, 6.07) is 1.76. The molecule has 1 unspecified atom stereocenters. The van der Waals surface area contributed by atoms with Gasteiger partial charge in [-0.3, -0.25) is 4.98 Å². The predicted molar refractivity (Wildman–Crippen MR) is 68.9 cm³/mol. The van der Waals surface area contributed by atoms with Crippen LogP contribution in [0.15, 0.2) is 30.9 Å². The largest absolute Gasteiger partial charge is 0.369 e. The van der Waals surface area contributed by atoms with Gasteiger partial charge in [0.1, 0.15) is 6.10 Å². The van der Waals surface area contributed by atoms with E-state index in [1.165, 1.54) is 0 Å². The molecule has 19 heavy (non-hydrogen) atoms. The fraction of sp³-hybridized carbons (Fsp3) is 0.333. The summed E-state index contributed by atoms with van der Waals surface area (Å²) in [7, 11) is 0. The van der Waals surface area contributed by atoms with Gasteiger partial charge in [0.2, 0.25) is 5.95 Å². The molecule has 0 spiro atoms. The second kappa shape index (κ2) is 5.68. The first-order valence-electron chi connectivity index (χ1n) is 6.10. The van der Waals surface area contributed by atoms with Gasteiger partial charge in [-0.1, -0.05) is 0 Å². The Morgan fingerprint density at radius 3 is 2.95 bits per heavy atom. The van der Waals surface area contributed by atoms with Crippen LogP contribution in [0.2, 0.25) is 0 Å². The van der Waals surface area contributed by atoms with Crippen LogP contribution in [-0.4, -0.2) is 39.6 Å². The number of hydrogen-bond donors (Lipinski definition) is 2. The number of nitrogens with zero attached hydrogens (tertiary/aromatic N) is 4. The van der Waals surface area contributed by atoms with Crippen molar-refractivity contribution < 1.29 is 4.74 Å². The molecule has 0 radical (unpaired) electrons. The average Bonchev–Trinajstić information content (AvgIpc) is 2.49. The summed E-state index contributed by atoms with van der Waals surface area (Å²) in [6.07, 6.45) is 6.63. The van der Waals surface area contributed by atoms with E-state index in [4.69, 9.17) is 4.74 Å². The Morgan fingerprint density at radius 1 is 1.26 bits per heavy atom. The Balaban J connectivity index is 1.76. The Bertz CT molecular complexity index is 529. The zero-order valence-electron chi connectivity index (χ0n) is 10.3. The quantitative estimate of drug-likeness (QED) is 0.837. The van der Waals surface area contributed by atoms with E-state index in [-0.39, 0.29) is 6.10 Å². The van der Waals surface area contributed by atoms with Crippen molar-refractivity contribution in [3.05, 3.63) is 36.5 Å². The molecule has 1 fully saturated rings. The molecule has 0 saturated carbocycles. The maximum Gasteiger partial charge on any atom is 0.228 e. The molecular formula is C12H14N6O. The molecule has 2 N–H and O–H groups in total. The highest BCUT2D eigenvalue weighted by Gasteiger charge is 2.17. The fourth-order valence-electron chi connectivity index (χ4n) is 1.83. The molecule has 1 aliphatic rings. The molecule has 1 atom stereocenters. The number of hydrogen-bond acceptors (Lipinski definition) is 7. The van der Waals surface area contributed by atoms with Crippen molar-refractivity contribution in [3.8, 4) is 0 Å². The summed E-state index contributed by atoms with van der Waals surface area (Å²) in [5, 5.41) is 6.28. The molecule has 2 aromatic heterocycles. The van der Waals surface area contributed by atoms with E-state index in [9.17, 15) is 0 Å². The van der Waals surface area contributed by atoms with Gasteiger partial charge in [0.05, 0.1) is 24.7 Å². The first-order chi connectivity index (χ1) is 9.42. The van der Waals surface area contributed by atoms with E-state index in [2.05, 4.69) is 30.6 Å². The minimum absolute atomic E-state index is 0.0558. The van der Waals surface area contributed by atoms with Crippen LogP contribution in [0.3, 0.4) is 0 Å². The Morgan fingerprint density at radius 2 is 2.16 bits per heavy atom. The SMILES string of the molecule is c1cnc(Nc2cncc(C3CNCCO3)n2)nc1. The summed E-state index contributed by atoms with van der Waals surface area (Å²) < 4.78 is 5.65. The Kier molecular flexibility index (Phi) is 3.57.